The maximum absolute atomic E-state index is 11.1. The minimum absolute atomic E-state index is 0.0495. The van der Waals surface area contributed by atoms with Crippen molar-refractivity contribution in [2.45, 2.75) is 19.1 Å². The van der Waals surface area contributed by atoms with Crippen molar-refractivity contribution < 1.29 is 14.6 Å². The molecule has 3 heterocycles. The lowest BCUT2D eigenvalue weighted by Crippen LogP contribution is -2.52. The number of nitrogens with zero attached hydrogens (tertiary/aromatic N) is 5. The van der Waals surface area contributed by atoms with Crippen LogP contribution in [0.25, 0.3) is 22.2 Å². The van der Waals surface area contributed by atoms with Gasteiger partial charge in [0.05, 0.1) is 36.5 Å². The van der Waals surface area contributed by atoms with Crippen LogP contribution in [0.5, 0.6) is 0 Å². The second-order valence-corrected chi connectivity index (χ2v) is 7.46. The number of hydrogen-bond donors (Lipinski definition) is 4. The molecule has 0 unspecified atom stereocenters. The highest BCUT2D eigenvalue weighted by atomic mass is 16.5. The van der Waals surface area contributed by atoms with Gasteiger partial charge in [0.15, 0.2) is 5.82 Å². The Kier molecular flexibility index (Phi) is 5.04. The summed E-state index contributed by atoms with van der Waals surface area (Å²) in [5.41, 5.74) is 14.2. The van der Waals surface area contributed by atoms with Crippen LogP contribution >= 0.6 is 0 Å². The summed E-state index contributed by atoms with van der Waals surface area (Å²) >= 11 is 0. The number of carboxylic acid groups (broad SMARTS) is 1. The van der Waals surface area contributed by atoms with Gasteiger partial charge in [-0.3, -0.25) is 5.10 Å². The molecule has 1 aliphatic heterocycles. The van der Waals surface area contributed by atoms with Gasteiger partial charge in [-0.2, -0.15) is 10.1 Å². The largest absolute Gasteiger partial charge is 0.465 e. The lowest BCUT2D eigenvalue weighted by Gasteiger charge is -2.39. The van der Waals surface area contributed by atoms with Gasteiger partial charge < -0.3 is 31.1 Å². The Morgan fingerprint density at radius 2 is 2.17 bits per heavy atom. The standard InChI is InChI=1S/C19H24N8O3/c1-10-9-30-12(7-26(2)19(28)29)8-27(10)16-6-14(22-18(21)23-16)11-3-4-13-15(5-11)24-25-17(13)20/h3-6,10,12H,7-9H2,1-2H3,(H,28,29)(H3,20,24,25)(H2,21,22,23)/t10-,12+/m1/s1. The van der Waals surface area contributed by atoms with Crippen molar-refractivity contribution in [3.05, 3.63) is 24.3 Å². The van der Waals surface area contributed by atoms with Gasteiger partial charge in [-0.1, -0.05) is 6.07 Å². The van der Waals surface area contributed by atoms with E-state index < -0.39 is 6.09 Å². The zero-order valence-corrected chi connectivity index (χ0v) is 16.7. The lowest BCUT2D eigenvalue weighted by molar-refractivity contribution is 0.00662. The van der Waals surface area contributed by atoms with E-state index in [2.05, 4.69) is 25.1 Å². The molecule has 1 aliphatic rings. The fourth-order valence-corrected chi connectivity index (χ4v) is 3.58. The van der Waals surface area contributed by atoms with Gasteiger partial charge >= 0.3 is 6.09 Å². The third-order valence-electron chi connectivity index (χ3n) is 5.22. The Morgan fingerprint density at radius 3 is 2.93 bits per heavy atom. The van der Waals surface area contributed by atoms with Gasteiger partial charge in [0, 0.05) is 30.6 Å². The number of ether oxygens (including phenoxy) is 1. The highest BCUT2D eigenvalue weighted by Crippen LogP contribution is 2.29. The van der Waals surface area contributed by atoms with Gasteiger partial charge in [0.2, 0.25) is 5.95 Å². The van der Waals surface area contributed by atoms with Crippen LogP contribution in [0.1, 0.15) is 6.92 Å². The number of hydrogen-bond acceptors (Lipinski definition) is 8. The molecular weight excluding hydrogens is 388 g/mol. The number of benzene rings is 1. The van der Waals surface area contributed by atoms with Crippen LogP contribution in [0.3, 0.4) is 0 Å². The number of fused-ring (bicyclic) bond motifs is 1. The Balaban J connectivity index is 1.63. The highest BCUT2D eigenvalue weighted by molar-refractivity contribution is 5.91. The molecule has 0 spiro atoms. The van der Waals surface area contributed by atoms with Crippen molar-refractivity contribution in [1.29, 1.82) is 0 Å². The van der Waals surface area contributed by atoms with Crippen molar-refractivity contribution >= 4 is 34.6 Å². The number of likely N-dealkylation sites (N-methyl/N-ethyl adjacent to an activating group) is 1. The van der Waals surface area contributed by atoms with Crippen LogP contribution in [0.2, 0.25) is 0 Å². The number of morpholine rings is 1. The molecule has 2 atom stereocenters. The molecule has 1 amide bonds. The van der Waals surface area contributed by atoms with E-state index in [0.29, 0.717) is 30.5 Å². The van der Waals surface area contributed by atoms with Crippen LogP contribution in [0.15, 0.2) is 24.3 Å². The average molecular weight is 412 g/mol. The molecule has 1 fully saturated rings. The van der Waals surface area contributed by atoms with E-state index in [9.17, 15) is 4.79 Å². The van der Waals surface area contributed by atoms with Crippen molar-refractivity contribution in [3.8, 4) is 11.3 Å². The number of nitrogen functional groups attached to an aromatic ring is 2. The molecule has 2 aromatic heterocycles. The summed E-state index contributed by atoms with van der Waals surface area (Å²) in [5.74, 6) is 1.27. The first-order chi connectivity index (χ1) is 14.3. The Hall–Kier alpha value is -3.60. The Morgan fingerprint density at radius 1 is 1.37 bits per heavy atom. The monoisotopic (exact) mass is 412 g/mol. The minimum Gasteiger partial charge on any atom is -0.465 e. The molecule has 1 aromatic carbocycles. The van der Waals surface area contributed by atoms with E-state index in [0.717, 1.165) is 16.5 Å². The van der Waals surface area contributed by atoms with Gasteiger partial charge in [-0.15, -0.1) is 0 Å². The molecule has 158 valence electrons. The summed E-state index contributed by atoms with van der Waals surface area (Å²) in [6.45, 7) is 3.24. The van der Waals surface area contributed by atoms with Crippen LogP contribution in [-0.4, -0.2) is 75.2 Å². The van der Waals surface area contributed by atoms with Crippen molar-refractivity contribution in [2.24, 2.45) is 0 Å². The zero-order valence-electron chi connectivity index (χ0n) is 16.7. The summed E-state index contributed by atoms with van der Waals surface area (Å²) < 4.78 is 5.81. The maximum Gasteiger partial charge on any atom is 0.407 e. The van der Waals surface area contributed by atoms with Gasteiger partial charge in [0.1, 0.15) is 5.82 Å². The molecular formula is C19H24N8O3. The molecule has 0 radical (unpaired) electrons. The van der Waals surface area contributed by atoms with Gasteiger partial charge in [0.25, 0.3) is 0 Å². The van der Waals surface area contributed by atoms with Crippen molar-refractivity contribution in [3.63, 3.8) is 0 Å². The number of carbonyl (C=O) groups is 1. The number of H-pyrrole nitrogens is 1. The topological polar surface area (TPSA) is 160 Å². The van der Waals surface area contributed by atoms with Crippen molar-refractivity contribution in [1.82, 2.24) is 25.1 Å². The predicted octanol–water partition coefficient (Wildman–Crippen LogP) is 1.39. The van der Waals surface area contributed by atoms with Crippen molar-refractivity contribution in [2.75, 3.05) is 43.1 Å². The Bertz CT molecular complexity index is 1080. The molecule has 4 rings (SSSR count). The third-order valence-corrected chi connectivity index (χ3v) is 5.22. The number of amides is 1. The molecule has 0 bridgehead atoms. The molecule has 11 nitrogen and oxygen atoms in total. The van der Waals surface area contributed by atoms with E-state index in [4.69, 9.17) is 21.3 Å². The fraction of sp³-hybridized carbons (Fsp3) is 0.368. The fourth-order valence-electron chi connectivity index (χ4n) is 3.58. The normalized spacial score (nSPS) is 19.2. The number of nitrogens with two attached hydrogens (primary N) is 2. The minimum atomic E-state index is -0.993. The quantitative estimate of drug-likeness (QED) is 0.496. The lowest BCUT2D eigenvalue weighted by atomic mass is 10.1. The predicted molar refractivity (Wildman–Crippen MR) is 113 cm³/mol. The molecule has 6 N–H and O–H groups in total. The molecule has 30 heavy (non-hydrogen) atoms. The van der Waals surface area contributed by atoms with E-state index in [1.807, 2.05) is 31.2 Å². The number of rotatable bonds is 4. The van der Waals surface area contributed by atoms with E-state index in [1.165, 1.54) is 11.9 Å². The second-order valence-electron chi connectivity index (χ2n) is 7.46. The summed E-state index contributed by atoms with van der Waals surface area (Å²) in [7, 11) is 1.52. The first-order valence-corrected chi connectivity index (χ1v) is 9.52. The van der Waals surface area contributed by atoms with E-state index >= 15 is 0 Å². The maximum atomic E-state index is 11.1. The van der Waals surface area contributed by atoms with Crippen LogP contribution in [-0.2, 0) is 4.74 Å². The SMILES string of the molecule is C[C@@H]1CO[C@@H](CN(C)C(=O)O)CN1c1cc(-c2ccc3c(N)n[nH]c3c2)nc(N)n1. The number of nitrogens with one attached hydrogen (secondary N) is 1. The van der Waals surface area contributed by atoms with Gasteiger partial charge in [-0.25, -0.2) is 9.78 Å². The molecule has 0 aliphatic carbocycles. The smallest absolute Gasteiger partial charge is 0.407 e. The van der Waals surface area contributed by atoms with E-state index in [-0.39, 0.29) is 24.6 Å². The number of aromatic amines is 1. The second kappa shape index (κ2) is 7.67. The number of anilines is 3. The Labute approximate surface area is 172 Å². The summed E-state index contributed by atoms with van der Waals surface area (Å²) in [6, 6.07) is 7.63. The average Bonchev–Trinajstić information content (AvgIpc) is 3.09. The third kappa shape index (κ3) is 3.79. The summed E-state index contributed by atoms with van der Waals surface area (Å²) in [4.78, 5) is 23.2. The first kappa shape index (κ1) is 19.7. The molecule has 3 aromatic rings. The van der Waals surface area contributed by atoms with Crippen LogP contribution in [0, 0.1) is 0 Å². The summed E-state index contributed by atoms with van der Waals surface area (Å²) in [6.07, 6.45) is -1.27. The first-order valence-electron chi connectivity index (χ1n) is 9.52. The molecule has 1 saturated heterocycles. The highest BCUT2D eigenvalue weighted by Gasteiger charge is 2.29. The zero-order chi connectivity index (χ0) is 21.4. The number of aromatic nitrogens is 4. The van der Waals surface area contributed by atoms with Crippen LogP contribution in [0.4, 0.5) is 22.4 Å². The van der Waals surface area contributed by atoms with E-state index in [1.54, 1.807) is 0 Å². The molecule has 0 saturated carbocycles. The molecule has 11 heteroatoms. The van der Waals surface area contributed by atoms with Crippen LogP contribution < -0.4 is 16.4 Å². The van der Waals surface area contributed by atoms with Gasteiger partial charge in [-0.05, 0) is 19.1 Å². The summed E-state index contributed by atoms with van der Waals surface area (Å²) in [5, 5.41) is 16.9.